The van der Waals surface area contributed by atoms with Crippen molar-refractivity contribution in [2.24, 2.45) is 0 Å². The maximum atomic E-state index is 12.9. The number of halogens is 2. The maximum Gasteiger partial charge on any atom is 0.262 e. The molecule has 2 aliphatic rings. The van der Waals surface area contributed by atoms with Gasteiger partial charge in [0.1, 0.15) is 17.1 Å². The molecule has 0 radical (unpaired) electrons. The number of hydrogen-bond donors (Lipinski definition) is 2. The monoisotopic (exact) mass is 374 g/mol. The van der Waals surface area contributed by atoms with Crippen molar-refractivity contribution in [2.45, 2.75) is 12.6 Å². The van der Waals surface area contributed by atoms with E-state index < -0.39 is 6.23 Å². The predicted octanol–water partition coefficient (Wildman–Crippen LogP) is 4.27. The van der Waals surface area contributed by atoms with Gasteiger partial charge in [0, 0.05) is 22.5 Å². The van der Waals surface area contributed by atoms with Crippen molar-refractivity contribution >= 4 is 40.0 Å². The number of rotatable bonds is 0. The van der Waals surface area contributed by atoms with Crippen LogP contribution in [0.5, 0.6) is 11.5 Å². The lowest BCUT2D eigenvalue weighted by Gasteiger charge is -2.39. The highest BCUT2D eigenvalue weighted by Gasteiger charge is 2.41. The minimum absolute atomic E-state index is 0.167. The van der Waals surface area contributed by atoms with E-state index in [0.717, 1.165) is 22.2 Å². The van der Waals surface area contributed by atoms with E-state index in [2.05, 4.69) is 4.98 Å². The first kappa shape index (κ1) is 14.9. The Hall–Kier alpha value is -2.37. The fraction of sp³-hybridized carbons (Fsp3) is 0.167. The number of phenolic OH excluding ortho intramolecular Hbond substituents is 1. The summed E-state index contributed by atoms with van der Waals surface area (Å²) in [7, 11) is 0. The Kier molecular flexibility index (Phi) is 3.03. The summed E-state index contributed by atoms with van der Waals surface area (Å²) in [5.74, 6) is 0.430. The van der Waals surface area contributed by atoms with Crippen molar-refractivity contribution in [3.63, 3.8) is 0 Å². The summed E-state index contributed by atoms with van der Waals surface area (Å²) in [5.41, 5.74) is 3.12. The van der Waals surface area contributed by atoms with E-state index in [1.54, 1.807) is 29.2 Å². The second-order valence-electron chi connectivity index (χ2n) is 6.23. The Labute approximate surface area is 152 Å². The topological polar surface area (TPSA) is 65.6 Å². The van der Waals surface area contributed by atoms with Crippen LogP contribution in [-0.2, 0) is 6.42 Å². The molecule has 25 heavy (non-hydrogen) atoms. The molecule has 5 nitrogen and oxygen atoms in total. The Morgan fingerprint density at radius 1 is 1.24 bits per heavy atom. The van der Waals surface area contributed by atoms with Crippen LogP contribution in [-0.4, -0.2) is 27.4 Å². The molecule has 0 bridgehead atoms. The van der Waals surface area contributed by atoms with E-state index in [-0.39, 0.29) is 11.7 Å². The molecular formula is C18H12Cl2N2O3. The second kappa shape index (κ2) is 5.07. The summed E-state index contributed by atoms with van der Waals surface area (Å²) in [6.07, 6.45) is 0.109. The molecule has 0 saturated heterocycles. The van der Waals surface area contributed by atoms with Crippen LogP contribution in [0.3, 0.4) is 0 Å². The fourth-order valence-corrected chi connectivity index (χ4v) is 4.24. The molecule has 126 valence electrons. The minimum atomic E-state index is -0.562. The Bertz CT molecular complexity index is 1060. The van der Waals surface area contributed by atoms with Crippen molar-refractivity contribution in [1.82, 2.24) is 9.88 Å². The zero-order chi connectivity index (χ0) is 17.3. The van der Waals surface area contributed by atoms with E-state index >= 15 is 0 Å². The molecule has 2 aromatic carbocycles. The molecule has 3 aromatic rings. The van der Waals surface area contributed by atoms with E-state index in [9.17, 15) is 9.90 Å². The molecule has 1 atom stereocenters. The van der Waals surface area contributed by atoms with Crippen LogP contribution in [0, 0.1) is 0 Å². The van der Waals surface area contributed by atoms with Crippen LogP contribution >= 0.6 is 23.2 Å². The number of carbonyl (C=O) groups is 1. The second-order valence-corrected chi connectivity index (χ2v) is 7.07. The van der Waals surface area contributed by atoms with Crippen molar-refractivity contribution in [3.8, 4) is 11.5 Å². The number of ether oxygens (including phenoxy) is 1. The number of carbonyl (C=O) groups excluding carboxylic acids is 1. The quantitative estimate of drug-likeness (QED) is 0.617. The number of aromatic hydroxyl groups is 1. The Balaban J connectivity index is 1.70. The van der Waals surface area contributed by atoms with Gasteiger partial charge >= 0.3 is 0 Å². The highest BCUT2D eigenvalue weighted by atomic mass is 35.5. The highest BCUT2D eigenvalue weighted by molar-refractivity contribution is 6.37. The number of benzene rings is 2. The highest BCUT2D eigenvalue weighted by Crippen LogP contribution is 2.44. The number of fused-ring (bicyclic) bond motifs is 6. The average molecular weight is 375 g/mol. The number of phenols is 1. The van der Waals surface area contributed by atoms with Crippen molar-refractivity contribution in [3.05, 3.63) is 57.2 Å². The van der Waals surface area contributed by atoms with Gasteiger partial charge in [-0.15, -0.1) is 0 Å². The Morgan fingerprint density at radius 3 is 2.92 bits per heavy atom. The smallest absolute Gasteiger partial charge is 0.262 e. The zero-order valence-corrected chi connectivity index (χ0v) is 14.4. The minimum Gasteiger partial charge on any atom is -0.508 e. The molecule has 0 saturated carbocycles. The molecule has 7 heteroatoms. The van der Waals surface area contributed by atoms with E-state index in [4.69, 9.17) is 27.9 Å². The number of amides is 1. The number of hydrogen-bond acceptors (Lipinski definition) is 3. The first-order valence-corrected chi connectivity index (χ1v) is 8.58. The third-order valence-corrected chi connectivity index (χ3v) is 5.30. The van der Waals surface area contributed by atoms with Gasteiger partial charge in [-0.3, -0.25) is 9.69 Å². The van der Waals surface area contributed by atoms with Gasteiger partial charge in [0.25, 0.3) is 5.91 Å². The predicted molar refractivity (Wildman–Crippen MR) is 94.5 cm³/mol. The van der Waals surface area contributed by atoms with Crippen LogP contribution in [0.1, 0.15) is 27.8 Å². The standard InChI is InChI=1S/C18H12Cl2N2O3/c19-8-5-12(20)15-14(6-8)25-18-16-10(3-4-22(18)17(15)24)11-7-9(23)1-2-13(11)21-16/h1-2,5-7,18,21,23H,3-4H2. The van der Waals surface area contributed by atoms with Crippen LogP contribution in [0.15, 0.2) is 30.3 Å². The van der Waals surface area contributed by atoms with Crippen LogP contribution in [0.2, 0.25) is 10.0 Å². The normalized spacial score (nSPS) is 18.6. The van der Waals surface area contributed by atoms with Gasteiger partial charge in [-0.1, -0.05) is 23.2 Å². The molecule has 5 rings (SSSR count). The molecule has 0 spiro atoms. The van der Waals surface area contributed by atoms with Crippen molar-refractivity contribution < 1.29 is 14.6 Å². The molecule has 0 fully saturated rings. The zero-order valence-electron chi connectivity index (χ0n) is 12.8. The molecule has 1 unspecified atom stereocenters. The molecular weight excluding hydrogens is 363 g/mol. The third-order valence-electron chi connectivity index (χ3n) is 4.79. The summed E-state index contributed by atoms with van der Waals surface area (Å²) < 4.78 is 6.10. The number of H-pyrrole nitrogens is 1. The van der Waals surface area contributed by atoms with Crippen molar-refractivity contribution in [2.75, 3.05) is 6.54 Å². The molecule has 2 aliphatic heterocycles. The lowest BCUT2D eigenvalue weighted by molar-refractivity contribution is 0.00207. The summed E-state index contributed by atoms with van der Waals surface area (Å²) >= 11 is 12.3. The van der Waals surface area contributed by atoms with E-state index in [1.165, 1.54) is 0 Å². The molecule has 1 amide bonds. The van der Waals surface area contributed by atoms with Crippen molar-refractivity contribution in [1.29, 1.82) is 0 Å². The van der Waals surface area contributed by atoms with E-state index in [0.29, 0.717) is 34.3 Å². The molecule has 2 N–H and O–H groups in total. The van der Waals surface area contributed by atoms with Gasteiger partial charge in [-0.25, -0.2) is 0 Å². The first-order valence-electron chi connectivity index (χ1n) is 7.83. The SMILES string of the molecule is O=C1c2c(Cl)cc(Cl)cc2OC2c3[nH]c4ccc(O)cc4c3CCN12. The summed E-state index contributed by atoms with van der Waals surface area (Å²) in [6.45, 7) is 0.511. The van der Waals surface area contributed by atoms with Gasteiger partial charge in [-0.2, -0.15) is 0 Å². The van der Waals surface area contributed by atoms with Gasteiger partial charge < -0.3 is 14.8 Å². The average Bonchev–Trinajstić information content (AvgIpc) is 2.92. The van der Waals surface area contributed by atoms with Crippen LogP contribution < -0.4 is 4.74 Å². The number of aromatic amines is 1. The number of aromatic nitrogens is 1. The fourth-order valence-electron chi connectivity index (χ4n) is 3.69. The summed E-state index contributed by atoms with van der Waals surface area (Å²) in [5, 5.41) is 11.4. The molecule has 3 heterocycles. The number of nitrogens with zero attached hydrogens (tertiary/aromatic N) is 1. The molecule has 1 aromatic heterocycles. The lowest BCUT2D eigenvalue weighted by Crippen LogP contribution is -2.45. The van der Waals surface area contributed by atoms with Crippen LogP contribution in [0.4, 0.5) is 0 Å². The van der Waals surface area contributed by atoms with Gasteiger partial charge in [0.2, 0.25) is 6.23 Å². The summed E-state index contributed by atoms with van der Waals surface area (Å²) in [4.78, 5) is 17.9. The van der Waals surface area contributed by atoms with Gasteiger partial charge in [0.05, 0.1) is 10.7 Å². The number of nitrogens with one attached hydrogen (secondary N) is 1. The van der Waals surface area contributed by atoms with E-state index in [1.807, 2.05) is 6.07 Å². The van der Waals surface area contributed by atoms with Gasteiger partial charge in [-0.05, 0) is 42.3 Å². The third kappa shape index (κ3) is 2.06. The molecule has 0 aliphatic carbocycles. The summed E-state index contributed by atoms with van der Waals surface area (Å²) in [6, 6.07) is 8.33. The van der Waals surface area contributed by atoms with Gasteiger partial charge in [0.15, 0.2) is 0 Å². The largest absolute Gasteiger partial charge is 0.508 e. The Morgan fingerprint density at radius 2 is 2.08 bits per heavy atom. The lowest BCUT2D eigenvalue weighted by atomic mass is 9.99. The van der Waals surface area contributed by atoms with Crippen LogP contribution in [0.25, 0.3) is 10.9 Å². The first-order chi connectivity index (χ1) is 12.0. The maximum absolute atomic E-state index is 12.9.